The van der Waals surface area contributed by atoms with Gasteiger partial charge in [0.2, 0.25) is 0 Å². The Kier molecular flexibility index (Phi) is 15.9. The fourth-order valence-corrected chi connectivity index (χ4v) is 3.61. The fourth-order valence-electron chi connectivity index (χ4n) is 3.61. The number of hydrogen-bond donors (Lipinski definition) is 3. The summed E-state index contributed by atoms with van der Waals surface area (Å²) in [6, 6.07) is 0. The van der Waals surface area contributed by atoms with E-state index in [9.17, 15) is 15.3 Å². The van der Waals surface area contributed by atoms with E-state index in [-0.39, 0.29) is 13.2 Å². The molecule has 4 atom stereocenters. The van der Waals surface area contributed by atoms with Crippen LogP contribution in [0.15, 0.2) is 12.2 Å². The number of hydrogen-bond acceptors (Lipinski definition) is 5. The number of rotatable bonds is 18. The Morgan fingerprint density at radius 2 is 1.46 bits per heavy atom. The highest BCUT2D eigenvalue weighted by Gasteiger charge is 2.40. The molecule has 0 aromatic rings. The fraction of sp³-hybridized carbons (Fsp3) is 0.913. The molecular formula is C23H44O5. The summed E-state index contributed by atoms with van der Waals surface area (Å²) in [6.07, 6.45) is 18.0. The minimum absolute atomic E-state index is 0.0942. The summed E-state index contributed by atoms with van der Waals surface area (Å²) in [5.74, 6) is 0. The van der Waals surface area contributed by atoms with E-state index in [1.807, 2.05) is 0 Å². The zero-order valence-electron chi connectivity index (χ0n) is 17.9. The van der Waals surface area contributed by atoms with Crippen LogP contribution in [-0.2, 0) is 9.47 Å². The highest BCUT2D eigenvalue weighted by Crippen LogP contribution is 2.20. The molecule has 0 bridgehead atoms. The number of aliphatic hydroxyl groups is 3. The maximum absolute atomic E-state index is 9.82. The van der Waals surface area contributed by atoms with Crippen molar-refractivity contribution in [3.8, 4) is 0 Å². The summed E-state index contributed by atoms with van der Waals surface area (Å²) in [4.78, 5) is 0. The van der Waals surface area contributed by atoms with Gasteiger partial charge in [-0.3, -0.25) is 0 Å². The number of ether oxygens (including phenoxy) is 2. The van der Waals surface area contributed by atoms with Crippen molar-refractivity contribution in [2.45, 2.75) is 115 Å². The van der Waals surface area contributed by atoms with Crippen LogP contribution in [0.3, 0.4) is 0 Å². The molecule has 5 nitrogen and oxygen atoms in total. The first-order chi connectivity index (χ1) is 13.7. The molecule has 166 valence electrons. The Hall–Kier alpha value is -0.460. The van der Waals surface area contributed by atoms with Crippen LogP contribution in [-0.4, -0.2) is 59.6 Å². The number of unbranched alkanes of at least 4 members (excludes halogenated alkanes) is 11. The molecule has 3 N–H and O–H groups in total. The molecule has 0 aliphatic carbocycles. The first-order valence-electron chi connectivity index (χ1n) is 11.6. The average Bonchev–Trinajstić information content (AvgIpc) is 3.03. The predicted octanol–water partition coefficient (Wildman–Crippen LogP) is 4.13. The van der Waals surface area contributed by atoms with Gasteiger partial charge in [0.05, 0.1) is 13.2 Å². The maximum atomic E-state index is 9.82. The molecule has 28 heavy (non-hydrogen) atoms. The summed E-state index contributed by atoms with van der Waals surface area (Å²) in [5.41, 5.74) is 0. The second-order valence-corrected chi connectivity index (χ2v) is 8.03. The van der Waals surface area contributed by atoms with Crippen LogP contribution in [0, 0.1) is 0 Å². The van der Waals surface area contributed by atoms with Gasteiger partial charge in [-0.25, -0.2) is 0 Å². The molecule has 1 fully saturated rings. The summed E-state index contributed by atoms with van der Waals surface area (Å²) in [7, 11) is 0. The first-order valence-corrected chi connectivity index (χ1v) is 11.6. The smallest absolute Gasteiger partial charge is 0.114 e. The topological polar surface area (TPSA) is 79.2 Å². The summed E-state index contributed by atoms with van der Waals surface area (Å²) in [5, 5.41) is 28.7. The number of aliphatic hydroxyl groups excluding tert-OH is 3. The van der Waals surface area contributed by atoms with E-state index < -0.39 is 24.4 Å². The van der Waals surface area contributed by atoms with Crippen molar-refractivity contribution >= 4 is 0 Å². The Balaban J connectivity index is 1.88. The van der Waals surface area contributed by atoms with E-state index in [4.69, 9.17) is 9.47 Å². The monoisotopic (exact) mass is 400 g/mol. The SMILES string of the molecule is CCCCCCCCCC/C=C/CCCCCO[C@@H](CO)[C@@H]1OC[C@@H](O)[C@@H]1O. The second-order valence-electron chi connectivity index (χ2n) is 8.03. The van der Waals surface area contributed by atoms with Crippen LogP contribution in [0.2, 0.25) is 0 Å². The standard InChI is InChI=1S/C23H44O5/c1-2-3-4-5-6-7-8-9-10-11-12-13-14-15-16-17-27-21(18-24)23-22(26)20(25)19-28-23/h11-12,20-26H,2-10,13-19H2,1H3/b12-11+/t20-,21+,22+,23+/m1/s1. The van der Waals surface area contributed by atoms with E-state index in [0.29, 0.717) is 6.61 Å². The van der Waals surface area contributed by atoms with Crippen LogP contribution in [0.4, 0.5) is 0 Å². The maximum Gasteiger partial charge on any atom is 0.114 e. The molecule has 1 heterocycles. The number of allylic oxidation sites excluding steroid dienone is 2. The van der Waals surface area contributed by atoms with Crippen molar-refractivity contribution in [3.63, 3.8) is 0 Å². The molecule has 5 heteroatoms. The minimum Gasteiger partial charge on any atom is -0.394 e. The Labute approximate surface area is 172 Å². The lowest BCUT2D eigenvalue weighted by atomic mass is 10.1. The van der Waals surface area contributed by atoms with E-state index in [1.54, 1.807) is 0 Å². The quantitative estimate of drug-likeness (QED) is 0.238. The summed E-state index contributed by atoms with van der Waals surface area (Å²) < 4.78 is 11.0. The molecular weight excluding hydrogens is 356 g/mol. The Morgan fingerprint density at radius 1 is 0.893 bits per heavy atom. The molecule has 0 amide bonds. The third kappa shape index (κ3) is 11.5. The van der Waals surface area contributed by atoms with Crippen molar-refractivity contribution in [1.82, 2.24) is 0 Å². The van der Waals surface area contributed by atoms with Gasteiger partial charge in [0.25, 0.3) is 0 Å². The van der Waals surface area contributed by atoms with E-state index in [0.717, 1.165) is 25.7 Å². The van der Waals surface area contributed by atoms with Crippen molar-refractivity contribution in [3.05, 3.63) is 12.2 Å². The van der Waals surface area contributed by atoms with E-state index in [2.05, 4.69) is 19.1 Å². The van der Waals surface area contributed by atoms with E-state index >= 15 is 0 Å². The normalized spacial score (nSPS) is 23.6. The molecule has 0 spiro atoms. The summed E-state index contributed by atoms with van der Waals surface area (Å²) in [6.45, 7) is 2.68. The van der Waals surface area contributed by atoms with Crippen molar-refractivity contribution in [2.75, 3.05) is 19.8 Å². The molecule has 0 unspecified atom stereocenters. The van der Waals surface area contributed by atoms with Gasteiger partial charge in [-0.15, -0.1) is 0 Å². The van der Waals surface area contributed by atoms with Crippen LogP contribution in [0.1, 0.15) is 90.4 Å². The van der Waals surface area contributed by atoms with Gasteiger partial charge >= 0.3 is 0 Å². The van der Waals surface area contributed by atoms with Crippen molar-refractivity contribution in [1.29, 1.82) is 0 Å². The van der Waals surface area contributed by atoms with Gasteiger partial charge in [0, 0.05) is 6.61 Å². The largest absolute Gasteiger partial charge is 0.394 e. The van der Waals surface area contributed by atoms with Crippen molar-refractivity contribution < 1.29 is 24.8 Å². The van der Waals surface area contributed by atoms with Gasteiger partial charge in [-0.1, -0.05) is 70.4 Å². The van der Waals surface area contributed by atoms with Crippen LogP contribution >= 0.6 is 0 Å². The average molecular weight is 401 g/mol. The summed E-state index contributed by atoms with van der Waals surface area (Å²) >= 11 is 0. The predicted molar refractivity (Wildman–Crippen MR) is 113 cm³/mol. The lowest BCUT2D eigenvalue weighted by molar-refractivity contribution is -0.101. The third-order valence-electron chi connectivity index (χ3n) is 5.47. The highest BCUT2D eigenvalue weighted by atomic mass is 16.6. The van der Waals surface area contributed by atoms with Crippen LogP contribution < -0.4 is 0 Å². The Morgan fingerprint density at radius 3 is 2.00 bits per heavy atom. The zero-order chi connectivity index (χ0) is 20.5. The molecule has 0 aromatic carbocycles. The third-order valence-corrected chi connectivity index (χ3v) is 5.47. The van der Waals surface area contributed by atoms with E-state index in [1.165, 1.54) is 57.8 Å². The Bertz CT molecular complexity index is 374. The van der Waals surface area contributed by atoms with Gasteiger partial charge in [0.1, 0.15) is 24.4 Å². The second kappa shape index (κ2) is 17.4. The first kappa shape index (κ1) is 25.6. The van der Waals surface area contributed by atoms with Gasteiger partial charge in [0.15, 0.2) is 0 Å². The molecule has 1 rings (SSSR count). The van der Waals surface area contributed by atoms with Gasteiger partial charge < -0.3 is 24.8 Å². The highest BCUT2D eigenvalue weighted by molar-refractivity contribution is 4.88. The van der Waals surface area contributed by atoms with Crippen LogP contribution in [0.25, 0.3) is 0 Å². The molecule has 0 saturated carbocycles. The van der Waals surface area contributed by atoms with Gasteiger partial charge in [-0.2, -0.15) is 0 Å². The lowest BCUT2D eigenvalue weighted by Gasteiger charge is -2.24. The molecule has 0 radical (unpaired) electrons. The molecule has 0 aromatic heterocycles. The van der Waals surface area contributed by atoms with Crippen LogP contribution in [0.5, 0.6) is 0 Å². The van der Waals surface area contributed by atoms with Gasteiger partial charge in [-0.05, 0) is 32.1 Å². The minimum atomic E-state index is -0.983. The molecule has 1 saturated heterocycles. The lowest BCUT2D eigenvalue weighted by Crippen LogP contribution is -2.42. The zero-order valence-corrected chi connectivity index (χ0v) is 17.9. The van der Waals surface area contributed by atoms with Crippen molar-refractivity contribution in [2.24, 2.45) is 0 Å². The molecule has 1 aliphatic heterocycles. The molecule has 1 aliphatic rings.